The first-order valence-electron chi connectivity index (χ1n) is 6.15. The van der Waals surface area contributed by atoms with Crippen LogP contribution in [0.2, 0.25) is 5.02 Å². The van der Waals surface area contributed by atoms with Crippen molar-refractivity contribution in [2.45, 2.75) is 13.5 Å². The van der Waals surface area contributed by atoms with Crippen LogP contribution in [0.1, 0.15) is 6.92 Å². The number of rotatable bonds is 3. The second-order valence-corrected chi connectivity index (χ2v) is 4.69. The molecule has 0 bridgehead atoms. The Labute approximate surface area is 119 Å². The van der Waals surface area contributed by atoms with Gasteiger partial charge in [-0.25, -0.2) is 14.5 Å². The second kappa shape index (κ2) is 4.97. The van der Waals surface area contributed by atoms with Gasteiger partial charge in [0.1, 0.15) is 0 Å². The van der Waals surface area contributed by atoms with Gasteiger partial charge in [0.15, 0.2) is 5.82 Å². The molecule has 0 saturated carbocycles. The van der Waals surface area contributed by atoms with Crippen molar-refractivity contribution in [3.8, 4) is 17.1 Å². The Morgan fingerprint density at radius 3 is 2.70 bits per heavy atom. The quantitative estimate of drug-likeness (QED) is 0.803. The topological polar surface area (TPSA) is 68.5 Å². The van der Waals surface area contributed by atoms with E-state index in [1.54, 1.807) is 35.1 Å². The average molecular weight is 290 g/mol. The largest absolute Gasteiger partial charge is 0.348 e. The zero-order valence-corrected chi connectivity index (χ0v) is 11.5. The van der Waals surface area contributed by atoms with Gasteiger partial charge in [0.05, 0.1) is 17.4 Å². The van der Waals surface area contributed by atoms with Crippen LogP contribution in [0.3, 0.4) is 0 Å². The Morgan fingerprint density at radius 2 is 2.05 bits per heavy atom. The van der Waals surface area contributed by atoms with Gasteiger partial charge in [-0.3, -0.25) is 4.68 Å². The van der Waals surface area contributed by atoms with Gasteiger partial charge in [-0.2, -0.15) is 10.2 Å². The second-order valence-electron chi connectivity index (χ2n) is 4.25. The molecule has 3 aromatic rings. The molecular weight excluding hydrogens is 278 g/mol. The molecular formula is C13H12ClN5O. The number of nitrogens with zero attached hydrogens (tertiary/aromatic N) is 4. The minimum atomic E-state index is -0.299. The molecule has 3 rings (SSSR count). The third-order valence-corrected chi connectivity index (χ3v) is 3.22. The van der Waals surface area contributed by atoms with E-state index < -0.39 is 0 Å². The summed E-state index contributed by atoms with van der Waals surface area (Å²) >= 11 is 5.87. The van der Waals surface area contributed by atoms with Crippen LogP contribution < -0.4 is 5.69 Å². The van der Waals surface area contributed by atoms with E-state index in [4.69, 9.17) is 11.6 Å². The molecule has 1 N–H and O–H groups in total. The number of halogens is 1. The van der Waals surface area contributed by atoms with E-state index >= 15 is 0 Å². The summed E-state index contributed by atoms with van der Waals surface area (Å²) in [5.74, 6) is 0.525. The molecule has 6 nitrogen and oxygen atoms in total. The smallest absolute Gasteiger partial charge is 0.272 e. The van der Waals surface area contributed by atoms with Crippen LogP contribution >= 0.6 is 11.6 Å². The summed E-state index contributed by atoms with van der Waals surface area (Å²) in [6.07, 6.45) is 3.54. The van der Waals surface area contributed by atoms with Crippen LogP contribution in [0.25, 0.3) is 17.1 Å². The van der Waals surface area contributed by atoms with Crippen molar-refractivity contribution in [1.82, 2.24) is 24.5 Å². The molecule has 0 aliphatic rings. The SMILES string of the molecule is CCn1cc(-c2n[nH]c(=O)n2-c2ccc(Cl)cc2)cn1. The summed E-state index contributed by atoms with van der Waals surface area (Å²) in [5.41, 5.74) is 1.18. The van der Waals surface area contributed by atoms with Gasteiger partial charge < -0.3 is 0 Å². The maximum atomic E-state index is 12.0. The summed E-state index contributed by atoms with van der Waals surface area (Å²) in [4.78, 5) is 12.0. The summed E-state index contributed by atoms with van der Waals surface area (Å²) < 4.78 is 3.27. The molecule has 0 radical (unpaired) electrons. The Kier molecular flexibility index (Phi) is 3.15. The average Bonchev–Trinajstić information content (AvgIpc) is 3.06. The molecule has 102 valence electrons. The lowest BCUT2D eigenvalue weighted by Gasteiger charge is -2.04. The van der Waals surface area contributed by atoms with Crippen molar-refractivity contribution in [2.24, 2.45) is 0 Å². The highest BCUT2D eigenvalue weighted by molar-refractivity contribution is 6.30. The standard InChI is InChI=1S/C13H12ClN5O/c1-2-18-8-9(7-15-18)12-16-17-13(20)19(12)11-5-3-10(14)4-6-11/h3-8H,2H2,1H3,(H,17,20). The molecule has 2 heterocycles. The lowest BCUT2D eigenvalue weighted by molar-refractivity contribution is 0.660. The van der Waals surface area contributed by atoms with E-state index in [1.165, 1.54) is 4.57 Å². The number of benzene rings is 1. The Morgan fingerprint density at radius 1 is 1.30 bits per heavy atom. The molecule has 0 amide bonds. The summed E-state index contributed by atoms with van der Waals surface area (Å²) in [6, 6.07) is 7.01. The molecule has 0 atom stereocenters. The Bertz CT molecular complexity index is 784. The first-order chi connectivity index (χ1) is 9.69. The molecule has 0 aliphatic heterocycles. The van der Waals surface area contributed by atoms with E-state index in [0.717, 1.165) is 12.1 Å². The summed E-state index contributed by atoms with van der Waals surface area (Å²) in [6.45, 7) is 2.75. The van der Waals surface area contributed by atoms with Crippen LogP contribution in [-0.4, -0.2) is 24.5 Å². The summed E-state index contributed by atoms with van der Waals surface area (Å²) in [5, 5.41) is 11.3. The van der Waals surface area contributed by atoms with Gasteiger partial charge in [-0.1, -0.05) is 11.6 Å². The zero-order valence-electron chi connectivity index (χ0n) is 10.7. The highest BCUT2D eigenvalue weighted by Gasteiger charge is 2.13. The molecule has 0 saturated heterocycles. The van der Waals surface area contributed by atoms with Gasteiger partial charge in [0, 0.05) is 17.8 Å². The Hall–Kier alpha value is -2.34. The normalized spacial score (nSPS) is 10.9. The number of nitrogens with one attached hydrogen (secondary N) is 1. The predicted octanol–water partition coefficient (Wildman–Crippen LogP) is 2.10. The number of aryl methyl sites for hydroxylation is 1. The highest BCUT2D eigenvalue weighted by Crippen LogP contribution is 2.19. The van der Waals surface area contributed by atoms with Gasteiger partial charge in [0.2, 0.25) is 0 Å². The van der Waals surface area contributed by atoms with Gasteiger partial charge in [-0.15, -0.1) is 0 Å². The van der Waals surface area contributed by atoms with E-state index in [1.807, 2.05) is 13.1 Å². The number of hydrogen-bond acceptors (Lipinski definition) is 3. The lowest BCUT2D eigenvalue weighted by Crippen LogP contribution is -2.15. The van der Waals surface area contributed by atoms with Crippen LogP contribution in [0.5, 0.6) is 0 Å². The maximum absolute atomic E-state index is 12.0. The molecule has 0 spiro atoms. The van der Waals surface area contributed by atoms with Crippen molar-refractivity contribution in [3.05, 3.63) is 52.2 Å². The first-order valence-corrected chi connectivity index (χ1v) is 6.53. The fourth-order valence-electron chi connectivity index (χ4n) is 1.97. The Balaban J connectivity index is 2.14. The maximum Gasteiger partial charge on any atom is 0.348 e. The highest BCUT2D eigenvalue weighted by atomic mass is 35.5. The predicted molar refractivity (Wildman–Crippen MR) is 76.1 cm³/mol. The van der Waals surface area contributed by atoms with E-state index in [2.05, 4.69) is 15.3 Å². The zero-order chi connectivity index (χ0) is 14.1. The van der Waals surface area contributed by atoms with Crippen molar-refractivity contribution >= 4 is 11.6 Å². The molecule has 20 heavy (non-hydrogen) atoms. The van der Waals surface area contributed by atoms with Crippen LogP contribution in [0.4, 0.5) is 0 Å². The van der Waals surface area contributed by atoms with Crippen LogP contribution in [0, 0.1) is 0 Å². The van der Waals surface area contributed by atoms with Crippen LogP contribution in [-0.2, 0) is 6.54 Å². The van der Waals surface area contributed by atoms with E-state index in [9.17, 15) is 4.79 Å². The third-order valence-electron chi connectivity index (χ3n) is 2.97. The fourth-order valence-corrected chi connectivity index (χ4v) is 2.10. The minimum Gasteiger partial charge on any atom is -0.272 e. The van der Waals surface area contributed by atoms with Gasteiger partial charge >= 0.3 is 5.69 Å². The monoisotopic (exact) mass is 289 g/mol. The van der Waals surface area contributed by atoms with Crippen molar-refractivity contribution in [2.75, 3.05) is 0 Å². The van der Waals surface area contributed by atoms with E-state index in [0.29, 0.717) is 16.5 Å². The molecule has 0 aliphatic carbocycles. The molecule has 0 fully saturated rings. The van der Waals surface area contributed by atoms with Crippen molar-refractivity contribution in [3.63, 3.8) is 0 Å². The van der Waals surface area contributed by atoms with Crippen molar-refractivity contribution in [1.29, 1.82) is 0 Å². The number of hydrogen-bond donors (Lipinski definition) is 1. The fraction of sp³-hybridized carbons (Fsp3) is 0.154. The molecule has 0 unspecified atom stereocenters. The number of aromatic amines is 1. The molecule has 1 aromatic carbocycles. The van der Waals surface area contributed by atoms with Gasteiger partial charge in [0.25, 0.3) is 0 Å². The molecule has 7 heteroatoms. The van der Waals surface area contributed by atoms with E-state index in [-0.39, 0.29) is 5.69 Å². The first kappa shape index (κ1) is 12.7. The molecule has 2 aromatic heterocycles. The minimum absolute atomic E-state index is 0.299. The van der Waals surface area contributed by atoms with Gasteiger partial charge in [-0.05, 0) is 31.2 Å². The summed E-state index contributed by atoms with van der Waals surface area (Å²) in [7, 11) is 0. The number of H-pyrrole nitrogens is 1. The number of aromatic nitrogens is 5. The van der Waals surface area contributed by atoms with Crippen LogP contribution in [0.15, 0.2) is 41.5 Å². The van der Waals surface area contributed by atoms with Crippen molar-refractivity contribution < 1.29 is 0 Å². The third kappa shape index (κ3) is 2.14. The lowest BCUT2D eigenvalue weighted by atomic mass is 10.3.